The fourth-order valence-corrected chi connectivity index (χ4v) is 3.11. The van der Waals surface area contributed by atoms with Crippen molar-refractivity contribution in [1.82, 2.24) is 5.43 Å². The van der Waals surface area contributed by atoms with E-state index >= 15 is 0 Å². The zero-order valence-electron chi connectivity index (χ0n) is 16.2. The maximum absolute atomic E-state index is 5.44. The van der Waals surface area contributed by atoms with Gasteiger partial charge in [0.2, 0.25) is 0 Å². The molecule has 0 bridgehead atoms. The first kappa shape index (κ1) is 17.8. The van der Waals surface area contributed by atoms with Crippen molar-refractivity contribution in [2.24, 2.45) is 10.1 Å². The standard InChI is InChI=1S/C23H22N4O/c1-27(2)18-11-9-16(10-12-18)22-20-15-19(28-3)13-14-21(20)24-23(26-25-22)17-7-5-4-6-8-17/h4-15H,1-3H3,(H,24,26). The Balaban J connectivity index is 1.83. The van der Waals surface area contributed by atoms with Crippen LogP contribution in [0.15, 0.2) is 82.9 Å². The van der Waals surface area contributed by atoms with Gasteiger partial charge in [-0.3, -0.25) is 5.43 Å². The molecule has 0 saturated carbocycles. The van der Waals surface area contributed by atoms with Crippen molar-refractivity contribution < 1.29 is 4.74 Å². The van der Waals surface area contributed by atoms with E-state index in [1.807, 2.05) is 62.6 Å². The van der Waals surface area contributed by atoms with E-state index in [0.29, 0.717) is 5.84 Å². The lowest BCUT2D eigenvalue weighted by molar-refractivity contribution is 0.415. The average Bonchev–Trinajstić information content (AvgIpc) is 2.93. The predicted molar refractivity (Wildman–Crippen MR) is 115 cm³/mol. The second-order valence-corrected chi connectivity index (χ2v) is 6.72. The average molecular weight is 370 g/mol. The fourth-order valence-electron chi connectivity index (χ4n) is 3.11. The number of hydrogen-bond acceptors (Lipinski definition) is 5. The summed E-state index contributed by atoms with van der Waals surface area (Å²) < 4.78 is 5.44. The molecular weight excluding hydrogens is 348 g/mol. The minimum Gasteiger partial charge on any atom is -0.497 e. The van der Waals surface area contributed by atoms with Gasteiger partial charge >= 0.3 is 0 Å². The Morgan fingerprint density at radius 3 is 2.29 bits per heavy atom. The van der Waals surface area contributed by atoms with E-state index in [1.54, 1.807) is 7.11 Å². The van der Waals surface area contributed by atoms with Crippen molar-refractivity contribution >= 4 is 22.9 Å². The van der Waals surface area contributed by atoms with Crippen LogP contribution < -0.4 is 15.1 Å². The SMILES string of the molecule is COc1ccc2c(c1)C(c1ccc(N(C)C)cc1)=NNC(c1ccccc1)=N2. The van der Waals surface area contributed by atoms with Gasteiger partial charge in [-0.2, -0.15) is 5.10 Å². The summed E-state index contributed by atoms with van der Waals surface area (Å²) in [6, 6.07) is 24.2. The molecule has 1 heterocycles. The summed E-state index contributed by atoms with van der Waals surface area (Å²) in [6.07, 6.45) is 0. The molecule has 28 heavy (non-hydrogen) atoms. The number of methoxy groups -OCH3 is 1. The van der Waals surface area contributed by atoms with E-state index in [9.17, 15) is 0 Å². The maximum atomic E-state index is 5.44. The molecule has 5 nitrogen and oxygen atoms in total. The molecule has 0 saturated heterocycles. The highest BCUT2D eigenvalue weighted by atomic mass is 16.5. The summed E-state index contributed by atoms with van der Waals surface area (Å²) in [4.78, 5) is 6.91. The molecule has 1 aliphatic rings. The van der Waals surface area contributed by atoms with Crippen molar-refractivity contribution in [2.75, 3.05) is 26.1 Å². The lowest BCUT2D eigenvalue weighted by Crippen LogP contribution is -2.19. The number of nitrogens with zero attached hydrogens (tertiary/aromatic N) is 3. The summed E-state index contributed by atoms with van der Waals surface area (Å²) in [6.45, 7) is 0. The molecule has 0 aromatic heterocycles. The molecule has 0 spiro atoms. The number of nitrogens with one attached hydrogen (secondary N) is 1. The highest BCUT2D eigenvalue weighted by molar-refractivity contribution is 6.18. The van der Waals surface area contributed by atoms with Gasteiger partial charge in [-0.15, -0.1) is 0 Å². The molecule has 0 radical (unpaired) electrons. The second kappa shape index (κ2) is 7.56. The van der Waals surface area contributed by atoms with Crippen LogP contribution in [0.1, 0.15) is 16.7 Å². The first-order chi connectivity index (χ1) is 13.7. The lowest BCUT2D eigenvalue weighted by atomic mass is 10.00. The Kier molecular flexibility index (Phi) is 4.81. The van der Waals surface area contributed by atoms with Crippen LogP contribution in [-0.4, -0.2) is 32.8 Å². The number of benzene rings is 3. The summed E-state index contributed by atoms with van der Waals surface area (Å²) in [5.74, 6) is 1.49. The van der Waals surface area contributed by atoms with E-state index in [-0.39, 0.29) is 0 Å². The normalized spacial score (nSPS) is 12.8. The number of aliphatic imine (C=N–C) groups is 1. The van der Waals surface area contributed by atoms with Crippen LogP contribution in [0.4, 0.5) is 11.4 Å². The number of anilines is 1. The largest absolute Gasteiger partial charge is 0.497 e. The number of rotatable bonds is 4. The third-order valence-corrected chi connectivity index (χ3v) is 4.67. The highest BCUT2D eigenvalue weighted by Crippen LogP contribution is 2.30. The van der Waals surface area contributed by atoms with Gasteiger partial charge in [0.1, 0.15) is 11.5 Å². The minimum atomic E-state index is 0.715. The van der Waals surface area contributed by atoms with Crippen LogP contribution in [0.2, 0.25) is 0 Å². The number of ether oxygens (including phenoxy) is 1. The first-order valence-corrected chi connectivity index (χ1v) is 9.09. The van der Waals surface area contributed by atoms with Gasteiger partial charge in [-0.1, -0.05) is 42.5 Å². The van der Waals surface area contributed by atoms with E-state index in [1.165, 1.54) is 0 Å². The Hall–Kier alpha value is -3.60. The van der Waals surface area contributed by atoms with Gasteiger partial charge in [0.05, 0.1) is 12.8 Å². The molecule has 0 aliphatic carbocycles. The molecule has 3 aromatic carbocycles. The molecule has 3 aromatic rings. The van der Waals surface area contributed by atoms with Crippen molar-refractivity contribution in [2.45, 2.75) is 0 Å². The molecular formula is C23H22N4O. The van der Waals surface area contributed by atoms with Crippen LogP contribution in [0.3, 0.4) is 0 Å². The van der Waals surface area contributed by atoms with Crippen LogP contribution in [0.25, 0.3) is 0 Å². The molecule has 0 atom stereocenters. The molecule has 4 rings (SSSR count). The molecule has 140 valence electrons. The third kappa shape index (κ3) is 3.47. The number of hydrazone groups is 1. The first-order valence-electron chi connectivity index (χ1n) is 9.09. The Morgan fingerprint density at radius 2 is 1.61 bits per heavy atom. The minimum absolute atomic E-state index is 0.715. The summed E-state index contributed by atoms with van der Waals surface area (Å²) in [5, 5.41) is 4.71. The van der Waals surface area contributed by atoms with Crippen molar-refractivity contribution in [3.05, 3.63) is 89.5 Å². The molecule has 5 heteroatoms. The van der Waals surface area contributed by atoms with Crippen LogP contribution >= 0.6 is 0 Å². The molecule has 1 aliphatic heterocycles. The van der Waals surface area contributed by atoms with Crippen molar-refractivity contribution in [1.29, 1.82) is 0 Å². The van der Waals surface area contributed by atoms with E-state index < -0.39 is 0 Å². The zero-order valence-corrected chi connectivity index (χ0v) is 16.2. The van der Waals surface area contributed by atoms with Gasteiger partial charge in [-0.05, 0) is 30.3 Å². The van der Waals surface area contributed by atoms with Gasteiger partial charge < -0.3 is 9.64 Å². The number of amidine groups is 1. The number of fused-ring (bicyclic) bond motifs is 1. The van der Waals surface area contributed by atoms with Gasteiger partial charge in [-0.25, -0.2) is 4.99 Å². The predicted octanol–water partition coefficient (Wildman–Crippen LogP) is 4.20. The summed E-state index contributed by atoms with van der Waals surface area (Å²) >= 11 is 0. The van der Waals surface area contributed by atoms with Crippen LogP contribution in [0.5, 0.6) is 5.75 Å². The second-order valence-electron chi connectivity index (χ2n) is 6.72. The van der Waals surface area contributed by atoms with Crippen LogP contribution in [-0.2, 0) is 0 Å². The smallest absolute Gasteiger partial charge is 0.154 e. The maximum Gasteiger partial charge on any atom is 0.154 e. The Morgan fingerprint density at radius 1 is 0.857 bits per heavy atom. The van der Waals surface area contributed by atoms with Gasteiger partial charge in [0.15, 0.2) is 5.84 Å². The van der Waals surface area contributed by atoms with Crippen molar-refractivity contribution in [3.8, 4) is 5.75 Å². The molecule has 0 unspecified atom stereocenters. The molecule has 0 amide bonds. The monoisotopic (exact) mass is 370 g/mol. The summed E-state index contributed by atoms with van der Waals surface area (Å²) in [5.41, 5.74) is 8.89. The van der Waals surface area contributed by atoms with Gasteiger partial charge in [0.25, 0.3) is 0 Å². The Labute approximate surface area is 165 Å². The fraction of sp³-hybridized carbons (Fsp3) is 0.130. The topological polar surface area (TPSA) is 49.2 Å². The van der Waals surface area contributed by atoms with E-state index in [2.05, 4.69) is 34.6 Å². The highest BCUT2D eigenvalue weighted by Gasteiger charge is 2.18. The van der Waals surface area contributed by atoms with Crippen LogP contribution in [0, 0.1) is 0 Å². The summed E-state index contributed by atoms with van der Waals surface area (Å²) in [7, 11) is 5.72. The quantitative estimate of drug-likeness (QED) is 0.749. The Bertz CT molecular complexity index is 1040. The van der Waals surface area contributed by atoms with E-state index in [0.717, 1.165) is 39.5 Å². The lowest BCUT2D eigenvalue weighted by Gasteiger charge is -2.14. The van der Waals surface area contributed by atoms with Gasteiger partial charge in [0, 0.05) is 36.5 Å². The molecule has 1 N–H and O–H groups in total. The third-order valence-electron chi connectivity index (χ3n) is 4.67. The molecule has 0 fully saturated rings. The van der Waals surface area contributed by atoms with Crippen molar-refractivity contribution in [3.63, 3.8) is 0 Å². The zero-order chi connectivity index (χ0) is 19.5. The van der Waals surface area contributed by atoms with E-state index in [4.69, 9.17) is 14.8 Å². The number of hydrogen-bond donors (Lipinski definition) is 1.